The summed E-state index contributed by atoms with van der Waals surface area (Å²) in [6.45, 7) is 7.91. The molecule has 0 spiro atoms. The third-order valence-corrected chi connectivity index (χ3v) is 3.85. The molecule has 0 amide bonds. The zero-order valence-electron chi connectivity index (χ0n) is 12.1. The molecule has 0 bridgehead atoms. The normalized spacial score (nSPS) is 23.6. The van der Waals surface area contributed by atoms with Gasteiger partial charge in [0.25, 0.3) is 0 Å². The second-order valence-corrected chi connectivity index (χ2v) is 6.56. The van der Waals surface area contributed by atoms with Crippen LogP contribution in [0.3, 0.4) is 0 Å². The summed E-state index contributed by atoms with van der Waals surface area (Å²) in [4.78, 5) is 0. The smallest absolute Gasteiger partial charge is 0.0342 e. The van der Waals surface area contributed by atoms with Crippen LogP contribution in [-0.4, -0.2) is 19.6 Å². The summed E-state index contributed by atoms with van der Waals surface area (Å²) in [6.07, 6.45) is 2.59. The number of hydrogen-bond acceptors (Lipinski definition) is 2. The van der Waals surface area contributed by atoms with Crippen molar-refractivity contribution in [2.75, 3.05) is 18.9 Å². The summed E-state index contributed by atoms with van der Waals surface area (Å²) in [5, 5.41) is 6.87. The molecule has 0 atom stereocenters. The number of benzene rings is 1. The van der Waals surface area contributed by atoms with Gasteiger partial charge in [-0.25, -0.2) is 0 Å². The van der Waals surface area contributed by atoms with E-state index in [4.69, 9.17) is 0 Å². The quantitative estimate of drug-likeness (QED) is 0.851. The van der Waals surface area contributed by atoms with Gasteiger partial charge in [0.1, 0.15) is 0 Å². The highest BCUT2D eigenvalue weighted by Crippen LogP contribution is 2.30. The molecule has 2 nitrogen and oxygen atoms in total. The van der Waals surface area contributed by atoms with Crippen LogP contribution >= 0.6 is 0 Å². The van der Waals surface area contributed by atoms with Crippen molar-refractivity contribution in [3.63, 3.8) is 0 Å². The highest BCUT2D eigenvalue weighted by molar-refractivity contribution is 5.47. The molecule has 2 rings (SSSR count). The maximum absolute atomic E-state index is 3.62. The SMILES string of the molecule is CNCC1CC(Nc2ccc(C(C)(C)C)cc2)C1. The lowest BCUT2D eigenvalue weighted by Crippen LogP contribution is -2.39. The van der Waals surface area contributed by atoms with Crippen LogP contribution in [0.4, 0.5) is 5.69 Å². The Balaban J connectivity index is 1.85. The van der Waals surface area contributed by atoms with Crippen molar-refractivity contribution in [3.05, 3.63) is 29.8 Å². The molecule has 0 saturated heterocycles. The fourth-order valence-electron chi connectivity index (χ4n) is 2.61. The van der Waals surface area contributed by atoms with Gasteiger partial charge in [-0.3, -0.25) is 0 Å². The molecule has 1 fully saturated rings. The Bertz CT molecular complexity index is 369. The van der Waals surface area contributed by atoms with Gasteiger partial charge in [-0.1, -0.05) is 32.9 Å². The van der Waals surface area contributed by atoms with E-state index in [1.54, 1.807) is 0 Å². The van der Waals surface area contributed by atoms with Gasteiger partial charge < -0.3 is 10.6 Å². The first-order valence-electron chi connectivity index (χ1n) is 7.00. The standard InChI is InChI=1S/C16H26N2/c1-16(2,3)13-5-7-14(8-6-13)18-15-9-12(10-15)11-17-4/h5-8,12,15,17-18H,9-11H2,1-4H3. The minimum atomic E-state index is 0.243. The molecule has 0 radical (unpaired) electrons. The number of nitrogens with one attached hydrogen (secondary N) is 2. The number of anilines is 1. The summed E-state index contributed by atoms with van der Waals surface area (Å²) in [5.74, 6) is 0.862. The minimum Gasteiger partial charge on any atom is -0.382 e. The molecule has 0 aliphatic heterocycles. The van der Waals surface area contributed by atoms with E-state index in [1.165, 1.54) is 24.1 Å². The van der Waals surface area contributed by atoms with Gasteiger partial charge in [-0.05, 0) is 55.5 Å². The average Bonchev–Trinajstić information content (AvgIpc) is 2.26. The lowest BCUT2D eigenvalue weighted by molar-refractivity contribution is 0.278. The van der Waals surface area contributed by atoms with Crippen molar-refractivity contribution in [1.29, 1.82) is 0 Å². The Morgan fingerprint density at radius 3 is 2.22 bits per heavy atom. The lowest BCUT2D eigenvalue weighted by Gasteiger charge is -2.36. The van der Waals surface area contributed by atoms with Crippen molar-refractivity contribution in [1.82, 2.24) is 5.32 Å². The second kappa shape index (κ2) is 5.31. The summed E-state index contributed by atoms with van der Waals surface area (Å²) in [6, 6.07) is 9.58. The van der Waals surface area contributed by atoms with E-state index in [9.17, 15) is 0 Å². The van der Waals surface area contributed by atoms with Crippen molar-refractivity contribution in [3.8, 4) is 0 Å². The van der Waals surface area contributed by atoms with E-state index >= 15 is 0 Å². The van der Waals surface area contributed by atoms with Crippen molar-refractivity contribution >= 4 is 5.69 Å². The largest absolute Gasteiger partial charge is 0.382 e. The zero-order chi connectivity index (χ0) is 13.2. The molecule has 0 aromatic heterocycles. The first kappa shape index (κ1) is 13.4. The molecule has 1 saturated carbocycles. The van der Waals surface area contributed by atoms with Gasteiger partial charge in [-0.2, -0.15) is 0 Å². The summed E-state index contributed by atoms with van der Waals surface area (Å²) in [7, 11) is 2.03. The Hall–Kier alpha value is -1.02. The number of hydrogen-bond donors (Lipinski definition) is 2. The maximum atomic E-state index is 3.62. The first-order valence-corrected chi connectivity index (χ1v) is 7.00. The summed E-state index contributed by atoms with van der Waals surface area (Å²) >= 11 is 0. The fourth-order valence-corrected chi connectivity index (χ4v) is 2.61. The van der Waals surface area contributed by atoms with Crippen LogP contribution in [-0.2, 0) is 5.41 Å². The highest BCUT2D eigenvalue weighted by Gasteiger charge is 2.28. The van der Waals surface area contributed by atoms with Gasteiger partial charge in [0.15, 0.2) is 0 Å². The van der Waals surface area contributed by atoms with Crippen LogP contribution in [0.25, 0.3) is 0 Å². The maximum Gasteiger partial charge on any atom is 0.0342 e. The van der Waals surface area contributed by atoms with Gasteiger partial charge >= 0.3 is 0 Å². The predicted octanol–water partition coefficient (Wildman–Crippen LogP) is 3.39. The van der Waals surface area contributed by atoms with E-state index in [2.05, 4.69) is 55.7 Å². The molecule has 1 aliphatic rings. The molecular formula is C16H26N2. The Morgan fingerprint density at radius 2 is 1.72 bits per heavy atom. The van der Waals surface area contributed by atoms with Crippen LogP contribution in [0.5, 0.6) is 0 Å². The van der Waals surface area contributed by atoms with E-state index in [1.807, 2.05) is 7.05 Å². The minimum absolute atomic E-state index is 0.243. The van der Waals surface area contributed by atoms with Crippen LogP contribution in [0, 0.1) is 5.92 Å². The monoisotopic (exact) mass is 246 g/mol. The fraction of sp³-hybridized carbons (Fsp3) is 0.625. The van der Waals surface area contributed by atoms with Crippen molar-refractivity contribution < 1.29 is 0 Å². The van der Waals surface area contributed by atoms with Gasteiger partial charge in [-0.15, -0.1) is 0 Å². The Kier molecular flexibility index (Phi) is 3.96. The molecule has 2 N–H and O–H groups in total. The Labute approximate surface area is 111 Å². The molecule has 2 heteroatoms. The van der Waals surface area contributed by atoms with Crippen LogP contribution in [0.1, 0.15) is 39.2 Å². The zero-order valence-corrected chi connectivity index (χ0v) is 12.1. The molecule has 0 unspecified atom stereocenters. The van der Waals surface area contributed by atoms with E-state index < -0.39 is 0 Å². The van der Waals surface area contributed by atoms with Crippen molar-refractivity contribution in [2.45, 2.75) is 45.1 Å². The van der Waals surface area contributed by atoms with Crippen molar-refractivity contribution in [2.24, 2.45) is 5.92 Å². The third kappa shape index (κ3) is 3.26. The molecule has 100 valence electrons. The van der Waals surface area contributed by atoms with E-state index in [0.29, 0.717) is 6.04 Å². The summed E-state index contributed by atoms with van der Waals surface area (Å²) < 4.78 is 0. The van der Waals surface area contributed by atoms with Gasteiger partial charge in [0, 0.05) is 11.7 Å². The first-order chi connectivity index (χ1) is 8.49. The summed E-state index contributed by atoms with van der Waals surface area (Å²) in [5.41, 5.74) is 2.90. The predicted molar refractivity (Wildman–Crippen MR) is 79.2 cm³/mol. The molecule has 1 aromatic rings. The Morgan fingerprint density at radius 1 is 1.11 bits per heavy atom. The third-order valence-electron chi connectivity index (χ3n) is 3.85. The van der Waals surface area contributed by atoms with E-state index in [0.717, 1.165) is 12.5 Å². The molecule has 1 aromatic carbocycles. The molecule has 0 heterocycles. The van der Waals surface area contributed by atoms with Crippen LogP contribution in [0.2, 0.25) is 0 Å². The van der Waals surface area contributed by atoms with E-state index in [-0.39, 0.29) is 5.41 Å². The topological polar surface area (TPSA) is 24.1 Å². The highest BCUT2D eigenvalue weighted by atomic mass is 14.9. The second-order valence-electron chi connectivity index (χ2n) is 6.56. The van der Waals surface area contributed by atoms with Gasteiger partial charge in [0.2, 0.25) is 0 Å². The van der Waals surface area contributed by atoms with Gasteiger partial charge in [0.05, 0.1) is 0 Å². The van der Waals surface area contributed by atoms with Crippen LogP contribution in [0.15, 0.2) is 24.3 Å². The number of rotatable bonds is 4. The average molecular weight is 246 g/mol. The molecule has 18 heavy (non-hydrogen) atoms. The molecular weight excluding hydrogens is 220 g/mol. The molecule has 1 aliphatic carbocycles. The lowest BCUT2D eigenvalue weighted by atomic mass is 9.80. The van der Waals surface area contributed by atoms with Crippen LogP contribution < -0.4 is 10.6 Å².